The number of nitrogens with one attached hydrogen (secondary N) is 1. The molecule has 1 amide bonds. The lowest BCUT2D eigenvalue weighted by atomic mass is 10.2. The largest absolute Gasteiger partial charge is 0.348 e. The highest BCUT2D eigenvalue weighted by atomic mass is 32.1. The molecule has 0 saturated heterocycles. The van der Waals surface area contributed by atoms with E-state index in [1.54, 1.807) is 0 Å². The number of carbonyl (C=O) groups excluding carboxylic acids is 1. The van der Waals surface area contributed by atoms with Gasteiger partial charge in [0.25, 0.3) is 0 Å². The summed E-state index contributed by atoms with van der Waals surface area (Å²) >= 11 is 1.50. The highest BCUT2D eigenvalue weighted by Gasteiger charge is 2.16. The normalized spacial score (nSPS) is 10.8. The van der Waals surface area contributed by atoms with Crippen LogP contribution in [0.1, 0.15) is 24.5 Å². The van der Waals surface area contributed by atoms with Crippen LogP contribution in [0.4, 0.5) is 0 Å². The fraction of sp³-hybridized carbons (Fsp3) is 0.364. The van der Waals surface area contributed by atoms with Gasteiger partial charge in [0.2, 0.25) is 5.82 Å². The number of amides is 1. The third kappa shape index (κ3) is 2.91. The summed E-state index contributed by atoms with van der Waals surface area (Å²) in [7, 11) is 0. The fourth-order valence-corrected chi connectivity index (χ4v) is 1.84. The van der Waals surface area contributed by atoms with E-state index in [2.05, 4.69) is 15.5 Å². The minimum absolute atomic E-state index is 0.00838. The monoisotopic (exact) mass is 251 g/mol. The van der Waals surface area contributed by atoms with Crippen molar-refractivity contribution in [1.82, 2.24) is 15.5 Å². The van der Waals surface area contributed by atoms with Crippen molar-refractivity contribution in [3.8, 4) is 10.7 Å². The molecule has 17 heavy (non-hydrogen) atoms. The van der Waals surface area contributed by atoms with Crippen LogP contribution in [0.25, 0.3) is 10.7 Å². The van der Waals surface area contributed by atoms with E-state index in [4.69, 9.17) is 4.52 Å². The van der Waals surface area contributed by atoms with Gasteiger partial charge in [-0.05, 0) is 17.4 Å². The van der Waals surface area contributed by atoms with Gasteiger partial charge in [-0.2, -0.15) is 4.98 Å². The van der Waals surface area contributed by atoms with E-state index in [0.717, 1.165) is 4.88 Å². The van der Waals surface area contributed by atoms with E-state index in [-0.39, 0.29) is 11.8 Å². The van der Waals surface area contributed by atoms with E-state index in [9.17, 15) is 4.79 Å². The summed E-state index contributed by atoms with van der Waals surface area (Å²) < 4.78 is 4.92. The van der Waals surface area contributed by atoms with Crippen LogP contribution in [0.15, 0.2) is 22.0 Å². The van der Waals surface area contributed by atoms with E-state index in [1.807, 2.05) is 31.4 Å². The second-order valence-corrected chi connectivity index (χ2v) is 4.95. The summed E-state index contributed by atoms with van der Waals surface area (Å²) in [6, 6.07) is 3.78. The zero-order valence-electron chi connectivity index (χ0n) is 9.64. The van der Waals surface area contributed by atoms with Crippen LogP contribution in [-0.2, 0) is 0 Å². The first kappa shape index (κ1) is 11.8. The van der Waals surface area contributed by atoms with E-state index >= 15 is 0 Å². The summed E-state index contributed by atoms with van der Waals surface area (Å²) in [5, 5.41) is 8.42. The first-order valence-electron chi connectivity index (χ1n) is 5.32. The molecule has 2 rings (SSSR count). The molecule has 0 aliphatic carbocycles. The topological polar surface area (TPSA) is 68.0 Å². The Kier molecular flexibility index (Phi) is 3.53. The predicted molar refractivity (Wildman–Crippen MR) is 64.8 cm³/mol. The number of rotatable bonds is 4. The van der Waals surface area contributed by atoms with Gasteiger partial charge in [-0.3, -0.25) is 4.79 Å². The Balaban J connectivity index is 2.05. The molecule has 2 heterocycles. The molecule has 0 aliphatic heterocycles. The second kappa shape index (κ2) is 5.09. The lowest BCUT2D eigenvalue weighted by Crippen LogP contribution is -2.27. The molecule has 0 fully saturated rings. The molecule has 0 atom stereocenters. The smallest absolute Gasteiger partial charge is 0.316 e. The minimum Gasteiger partial charge on any atom is -0.348 e. The third-order valence-corrected chi connectivity index (χ3v) is 2.90. The van der Waals surface area contributed by atoms with Crippen LogP contribution in [-0.4, -0.2) is 22.6 Å². The Morgan fingerprint density at radius 1 is 1.59 bits per heavy atom. The van der Waals surface area contributed by atoms with Crippen LogP contribution in [0.3, 0.4) is 0 Å². The molecule has 90 valence electrons. The number of nitrogens with zero attached hydrogens (tertiary/aromatic N) is 2. The molecule has 0 saturated carbocycles. The Bertz CT molecular complexity index is 491. The number of carbonyl (C=O) groups is 1. The SMILES string of the molecule is CC(C)CNC(=O)c1nc(-c2cccs2)no1. The summed E-state index contributed by atoms with van der Waals surface area (Å²) in [5.41, 5.74) is 0. The number of hydrogen-bond acceptors (Lipinski definition) is 5. The number of aromatic nitrogens is 2. The van der Waals surface area contributed by atoms with Gasteiger partial charge >= 0.3 is 11.8 Å². The standard InChI is InChI=1S/C11H13N3O2S/c1-7(2)6-12-10(15)11-13-9(14-16-11)8-4-3-5-17-8/h3-5,7H,6H2,1-2H3,(H,12,15). The van der Waals surface area contributed by atoms with Crippen LogP contribution in [0.2, 0.25) is 0 Å². The molecule has 0 aliphatic rings. The van der Waals surface area contributed by atoms with Gasteiger partial charge < -0.3 is 9.84 Å². The zero-order chi connectivity index (χ0) is 12.3. The fourth-order valence-electron chi connectivity index (χ4n) is 1.19. The van der Waals surface area contributed by atoms with Gasteiger partial charge in [0, 0.05) is 6.54 Å². The Hall–Kier alpha value is -1.69. The molecule has 5 nitrogen and oxygen atoms in total. The molecule has 6 heteroatoms. The van der Waals surface area contributed by atoms with Crippen molar-refractivity contribution >= 4 is 17.2 Å². The predicted octanol–water partition coefficient (Wildman–Crippen LogP) is 2.18. The molecule has 0 spiro atoms. The van der Waals surface area contributed by atoms with Crippen molar-refractivity contribution in [3.05, 3.63) is 23.4 Å². The Morgan fingerprint density at radius 3 is 3.06 bits per heavy atom. The number of hydrogen-bond donors (Lipinski definition) is 1. The maximum atomic E-state index is 11.6. The molecule has 0 aromatic carbocycles. The highest BCUT2D eigenvalue weighted by molar-refractivity contribution is 7.13. The van der Waals surface area contributed by atoms with Gasteiger partial charge in [-0.25, -0.2) is 0 Å². The average molecular weight is 251 g/mol. The van der Waals surface area contributed by atoms with Crippen LogP contribution in [0.5, 0.6) is 0 Å². The first-order valence-corrected chi connectivity index (χ1v) is 6.20. The first-order chi connectivity index (χ1) is 8.16. The lowest BCUT2D eigenvalue weighted by molar-refractivity contribution is 0.0905. The van der Waals surface area contributed by atoms with Crippen molar-refractivity contribution in [3.63, 3.8) is 0 Å². The summed E-state index contributed by atoms with van der Waals surface area (Å²) in [4.78, 5) is 16.6. The van der Waals surface area contributed by atoms with Crippen LogP contribution < -0.4 is 5.32 Å². The van der Waals surface area contributed by atoms with Crippen molar-refractivity contribution in [1.29, 1.82) is 0 Å². The van der Waals surface area contributed by atoms with Gasteiger partial charge in [-0.15, -0.1) is 11.3 Å². The number of thiophene rings is 1. The zero-order valence-corrected chi connectivity index (χ0v) is 10.5. The molecule has 1 N–H and O–H groups in total. The minimum atomic E-state index is -0.325. The lowest BCUT2D eigenvalue weighted by Gasteiger charge is -2.03. The molecular formula is C11H13N3O2S. The third-order valence-electron chi connectivity index (χ3n) is 2.03. The maximum absolute atomic E-state index is 11.6. The summed E-state index contributed by atoms with van der Waals surface area (Å²) in [5.74, 6) is 0.524. The molecule has 0 unspecified atom stereocenters. The summed E-state index contributed by atoms with van der Waals surface area (Å²) in [6.07, 6.45) is 0. The van der Waals surface area contributed by atoms with E-state index < -0.39 is 0 Å². The van der Waals surface area contributed by atoms with Crippen molar-refractivity contribution < 1.29 is 9.32 Å². The van der Waals surface area contributed by atoms with Gasteiger partial charge in [0.1, 0.15) is 0 Å². The molecule has 0 bridgehead atoms. The van der Waals surface area contributed by atoms with Crippen molar-refractivity contribution in [2.75, 3.05) is 6.54 Å². The van der Waals surface area contributed by atoms with E-state index in [1.165, 1.54) is 11.3 Å². The molecule has 2 aromatic rings. The summed E-state index contributed by atoms with van der Waals surface area (Å²) in [6.45, 7) is 4.63. The molecule has 0 radical (unpaired) electrons. The van der Waals surface area contributed by atoms with Gasteiger partial charge in [0.05, 0.1) is 4.88 Å². The van der Waals surface area contributed by atoms with E-state index in [0.29, 0.717) is 18.3 Å². The van der Waals surface area contributed by atoms with Crippen molar-refractivity contribution in [2.24, 2.45) is 5.92 Å². The Morgan fingerprint density at radius 2 is 2.41 bits per heavy atom. The maximum Gasteiger partial charge on any atom is 0.316 e. The average Bonchev–Trinajstić information content (AvgIpc) is 2.94. The van der Waals surface area contributed by atoms with Crippen LogP contribution in [0, 0.1) is 5.92 Å². The van der Waals surface area contributed by atoms with Crippen LogP contribution >= 0.6 is 11.3 Å². The Labute approximate surface area is 103 Å². The van der Waals surface area contributed by atoms with Gasteiger partial charge in [0.15, 0.2) is 0 Å². The molecule has 2 aromatic heterocycles. The van der Waals surface area contributed by atoms with Gasteiger partial charge in [-0.1, -0.05) is 25.1 Å². The highest BCUT2D eigenvalue weighted by Crippen LogP contribution is 2.21. The quantitative estimate of drug-likeness (QED) is 0.904. The van der Waals surface area contributed by atoms with Crippen molar-refractivity contribution in [2.45, 2.75) is 13.8 Å². The second-order valence-electron chi connectivity index (χ2n) is 4.00. The molecular weight excluding hydrogens is 238 g/mol.